The van der Waals surface area contributed by atoms with Gasteiger partial charge in [-0.1, -0.05) is 18.2 Å². The van der Waals surface area contributed by atoms with Gasteiger partial charge in [0.1, 0.15) is 5.52 Å². The van der Waals surface area contributed by atoms with E-state index >= 15 is 0 Å². The Morgan fingerprint density at radius 3 is 2.82 bits per heavy atom. The van der Waals surface area contributed by atoms with Crippen molar-refractivity contribution in [2.24, 2.45) is 0 Å². The summed E-state index contributed by atoms with van der Waals surface area (Å²) < 4.78 is 44.3. The molecular formula is C20H18F3N3O2. The fraction of sp³-hybridized carbons (Fsp3) is 0.300. The van der Waals surface area contributed by atoms with Gasteiger partial charge in [-0.15, -0.1) is 0 Å². The second-order valence-corrected chi connectivity index (χ2v) is 6.74. The molecule has 1 N–H and O–H groups in total. The molecule has 3 aromatic rings. The summed E-state index contributed by atoms with van der Waals surface area (Å²) >= 11 is 0. The second-order valence-electron chi connectivity index (χ2n) is 6.74. The molecule has 146 valence electrons. The zero-order valence-corrected chi connectivity index (χ0v) is 14.9. The van der Waals surface area contributed by atoms with Crippen LogP contribution in [0.4, 0.5) is 19.2 Å². The number of alkyl halides is 3. The number of oxazole rings is 1. The third kappa shape index (κ3) is 3.67. The van der Waals surface area contributed by atoms with Gasteiger partial charge in [0.25, 0.3) is 11.9 Å². The van der Waals surface area contributed by atoms with Crippen LogP contribution in [0, 0.1) is 0 Å². The molecule has 2 aromatic carbocycles. The van der Waals surface area contributed by atoms with Gasteiger partial charge in [0.05, 0.1) is 11.6 Å². The van der Waals surface area contributed by atoms with E-state index in [1.807, 2.05) is 29.2 Å². The van der Waals surface area contributed by atoms with E-state index in [1.54, 1.807) is 0 Å². The summed E-state index contributed by atoms with van der Waals surface area (Å²) in [5, 5.41) is 2.74. The normalized spacial score (nSPS) is 17.2. The number of hydrogen-bond donors (Lipinski definition) is 1. The standard InChI is InChI=1S/C20H18F3N3O2/c21-20(22,23)14-6-3-5-13(11-14)18(27)24-12-15-7-4-10-26(15)19-25-16-8-1-2-9-17(16)28-19/h1-3,5-6,8-9,11,15H,4,7,10,12H2,(H,24,27). The van der Waals surface area contributed by atoms with Crippen LogP contribution in [0.15, 0.2) is 52.9 Å². The van der Waals surface area contributed by atoms with Crippen LogP contribution in [0.3, 0.4) is 0 Å². The second kappa shape index (κ2) is 7.18. The lowest BCUT2D eigenvalue weighted by Crippen LogP contribution is -2.40. The van der Waals surface area contributed by atoms with E-state index in [2.05, 4.69) is 10.3 Å². The first kappa shape index (κ1) is 18.3. The number of carbonyl (C=O) groups excluding carboxylic acids is 1. The van der Waals surface area contributed by atoms with Crippen LogP contribution < -0.4 is 10.2 Å². The van der Waals surface area contributed by atoms with Crippen molar-refractivity contribution in [2.75, 3.05) is 18.0 Å². The van der Waals surface area contributed by atoms with Crippen LogP contribution in [0.2, 0.25) is 0 Å². The molecule has 0 spiro atoms. The van der Waals surface area contributed by atoms with Crippen molar-refractivity contribution >= 4 is 23.0 Å². The summed E-state index contributed by atoms with van der Waals surface area (Å²) in [6.45, 7) is 1.05. The molecule has 1 unspecified atom stereocenters. The minimum atomic E-state index is -4.48. The molecule has 28 heavy (non-hydrogen) atoms. The lowest BCUT2D eigenvalue weighted by Gasteiger charge is -2.23. The van der Waals surface area contributed by atoms with Crippen molar-refractivity contribution in [3.63, 3.8) is 0 Å². The van der Waals surface area contributed by atoms with E-state index in [0.717, 1.165) is 37.0 Å². The quantitative estimate of drug-likeness (QED) is 0.725. The summed E-state index contributed by atoms with van der Waals surface area (Å²) in [4.78, 5) is 18.8. The summed E-state index contributed by atoms with van der Waals surface area (Å²) in [7, 11) is 0. The van der Waals surface area contributed by atoms with Crippen molar-refractivity contribution in [2.45, 2.75) is 25.1 Å². The number of hydrogen-bond acceptors (Lipinski definition) is 4. The molecule has 1 fully saturated rings. The van der Waals surface area contributed by atoms with Crippen LogP contribution in [0.5, 0.6) is 0 Å². The molecule has 1 atom stereocenters. The van der Waals surface area contributed by atoms with Gasteiger partial charge in [-0.05, 0) is 43.2 Å². The van der Waals surface area contributed by atoms with Crippen molar-refractivity contribution in [1.82, 2.24) is 10.3 Å². The number of aromatic nitrogens is 1. The number of halogens is 3. The average Bonchev–Trinajstić information content (AvgIpc) is 3.31. The van der Waals surface area contributed by atoms with Crippen LogP contribution in [-0.2, 0) is 6.18 Å². The van der Waals surface area contributed by atoms with Gasteiger partial charge < -0.3 is 14.6 Å². The van der Waals surface area contributed by atoms with Gasteiger partial charge in [-0.3, -0.25) is 4.79 Å². The molecule has 4 rings (SSSR count). The molecule has 2 heterocycles. The Hall–Kier alpha value is -3.03. The number of rotatable bonds is 4. The SMILES string of the molecule is O=C(NCC1CCCN1c1nc2ccccc2o1)c1cccc(C(F)(F)F)c1. The molecule has 0 aliphatic carbocycles. The molecule has 5 nitrogen and oxygen atoms in total. The fourth-order valence-electron chi connectivity index (χ4n) is 3.43. The third-order valence-electron chi connectivity index (χ3n) is 4.86. The maximum absolute atomic E-state index is 12.8. The van der Waals surface area contributed by atoms with E-state index in [9.17, 15) is 18.0 Å². The molecular weight excluding hydrogens is 371 g/mol. The van der Waals surface area contributed by atoms with E-state index in [-0.39, 0.29) is 11.6 Å². The topological polar surface area (TPSA) is 58.4 Å². The summed E-state index contributed by atoms with van der Waals surface area (Å²) in [5.74, 6) is -0.532. The molecule has 0 saturated carbocycles. The maximum Gasteiger partial charge on any atom is 0.416 e. The van der Waals surface area contributed by atoms with E-state index in [0.29, 0.717) is 18.1 Å². The zero-order valence-electron chi connectivity index (χ0n) is 14.9. The average molecular weight is 389 g/mol. The van der Waals surface area contributed by atoms with Crippen molar-refractivity contribution in [3.05, 3.63) is 59.7 Å². The number of para-hydroxylation sites is 2. The summed E-state index contributed by atoms with van der Waals surface area (Å²) in [5.41, 5.74) is 0.600. The minimum absolute atomic E-state index is 0.0127. The first-order valence-electron chi connectivity index (χ1n) is 8.99. The Balaban J connectivity index is 1.44. The monoisotopic (exact) mass is 389 g/mol. The van der Waals surface area contributed by atoms with Gasteiger partial charge in [0.15, 0.2) is 5.58 Å². The number of benzene rings is 2. The first-order valence-corrected chi connectivity index (χ1v) is 8.99. The lowest BCUT2D eigenvalue weighted by atomic mass is 10.1. The molecule has 1 aliphatic rings. The summed E-state index contributed by atoms with van der Waals surface area (Å²) in [6, 6.07) is 12.3. The van der Waals surface area contributed by atoms with Crippen molar-refractivity contribution in [1.29, 1.82) is 0 Å². The summed E-state index contributed by atoms with van der Waals surface area (Å²) in [6.07, 6.45) is -2.73. The molecule has 8 heteroatoms. The van der Waals surface area contributed by atoms with Gasteiger partial charge >= 0.3 is 6.18 Å². The zero-order chi connectivity index (χ0) is 19.7. The molecule has 0 bridgehead atoms. The Labute approximate surface area is 159 Å². The van der Waals surface area contributed by atoms with E-state index in [1.165, 1.54) is 12.1 Å². The number of nitrogens with zero attached hydrogens (tertiary/aromatic N) is 2. The highest BCUT2D eigenvalue weighted by molar-refractivity contribution is 5.94. The highest BCUT2D eigenvalue weighted by atomic mass is 19.4. The first-order chi connectivity index (χ1) is 13.4. The molecule has 0 radical (unpaired) electrons. The highest BCUT2D eigenvalue weighted by Crippen LogP contribution is 2.30. The Morgan fingerprint density at radius 2 is 2.04 bits per heavy atom. The van der Waals surface area contributed by atoms with Gasteiger partial charge in [-0.25, -0.2) is 0 Å². The number of nitrogens with one attached hydrogen (secondary N) is 1. The smallest absolute Gasteiger partial charge is 0.416 e. The Morgan fingerprint density at radius 1 is 1.21 bits per heavy atom. The highest BCUT2D eigenvalue weighted by Gasteiger charge is 2.31. The van der Waals surface area contributed by atoms with Gasteiger partial charge in [0, 0.05) is 18.7 Å². The van der Waals surface area contributed by atoms with Crippen molar-refractivity contribution in [3.8, 4) is 0 Å². The number of amides is 1. The molecule has 1 saturated heterocycles. The number of fused-ring (bicyclic) bond motifs is 1. The van der Waals surface area contributed by atoms with Crippen LogP contribution in [0.1, 0.15) is 28.8 Å². The Bertz CT molecular complexity index is 967. The van der Waals surface area contributed by atoms with Crippen molar-refractivity contribution < 1.29 is 22.4 Å². The third-order valence-corrected chi connectivity index (χ3v) is 4.86. The predicted octanol–water partition coefficient (Wildman–Crippen LogP) is 4.25. The largest absolute Gasteiger partial charge is 0.423 e. The number of carbonyl (C=O) groups is 1. The predicted molar refractivity (Wildman–Crippen MR) is 98.2 cm³/mol. The lowest BCUT2D eigenvalue weighted by molar-refractivity contribution is -0.137. The van der Waals surface area contributed by atoms with Crippen LogP contribution in [-0.4, -0.2) is 30.0 Å². The molecule has 1 amide bonds. The van der Waals surface area contributed by atoms with Crippen LogP contribution >= 0.6 is 0 Å². The van der Waals surface area contributed by atoms with E-state index in [4.69, 9.17) is 4.42 Å². The Kier molecular flexibility index (Phi) is 4.70. The minimum Gasteiger partial charge on any atom is -0.423 e. The van der Waals surface area contributed by atoms with Gasteiger partial charge in [0.2, 0.25) is 0 Å². The maximum atomic E-state index is 12.8. The number of anilines is 1. The van der Waals surface area contributed by atoms with Gasteiger partial charge in [-0.2, -0.15) is 18.2 Å². The fourth-order valence-corrected chi connectivity index (χ4v) is 3.43. The molecule has 1 aromatic heterocycles. The van der Waals surface area contributed by atoms with E-state index < -0.39 is 17.6 Å². The van der Waals surface area contributed by atoms with Crippen LogP contribution in [0.25, 0.3) is 11.1 Å². The molecule has 1 aliphatic heterocycles.